The summed E-state index contributed by atoms with van der Waals surface area (Å²) in [4.78, 5) is -0.783. The van der Waals surface area contributed by atoms with Crippen LogP contribution in [0.3, 0.4) is 0 Å². The number of nitrogens with one attached hydrogen (secondary N) is 2. The molecule has 0 aliphatic heterocycles. The Morgan fingerprint density at radius 1 is 0.960 bits per heavy atom. The highest BCUT2D eigenvalue weighted by atomic mass is 32.2. The standard InChI is InChI=1S/C15H16F2N2O4S2/c1-10(11-3-6-13(7-4-11)19-24(2,20)21)18-25(22,23)15-9-12(16)5-8-14(15)17/h3-10,18-19H,1-2H3. The van der Waals surface area contributed by atoms with E-state index in [9.17, 15) is 25.6 Å². The molecule has 1 unspecified atom stereocenters. The Hall–Kier alpha value is -2.04. The van der Waals surface area contributed by atoms with Crippen molar-refractivity contribution in [3.8, 4) is 0 Å². The molecule has 0 heterocycles. The van der Waals surface area contributed by atoms with Crippen LogP contribution in [0.5, 0.6) is 0 Å². The van der Waals surface area contributed by atoms with Gasteiger partial charge in [-0.2, -0.15) is 0 Å². The SMILES string of the molecule is CC(NS(=O)(=O)c1cc(F)ccc1F)c1ccc(NS(C)(=O)=O)cc1. The topological polar surface area (TPSA) is 92.3 Å². The number of benzene rings is 2. The van der Waals surface area contributed by atoms with Crippen molar-refractivity contribution in [3.05, 3.63) is 59.7 Å². The van der Waals surface area contributed by atoms with Crippen LogP contribution in [0.2, 0.25) is 0 Å². The van der Waals surface area contributed by atoms with Gasteiger partial charge in [0.1, 0.15) is 16.5 Å². The minimum atomic E-state index is -4.28. The van der Waals surface area contributed by atoms with Crippen LogP contribution in [0.1, 0.15) is 18.5 Å². The average molecular weight is 390 g/mol. The van der Waals surface area contributed by atoms with Gasteiger partial charge >= 0.3 is 0 Å². The molecular formula is C15H16F2N2O4S2. The van der Waals surface area contributed by atoms with Gasteiger partial charge in [0.2, 0.25) is 20.0 Å². The summed E-state index contributed by atoms with van der Waals surface area (Å²) in [5.74, 6) is -1.93. The van der Waals surface area contributed by atoms with Crippen molar-refractivity contribution < 1.29 is 25.6 Å². The molecule has 2 aromatic carbocycles. The van der Waals surface area contributed by atoms with Crippen molar-refractivity contribution in [1.29, 1.82) is 0 Å². The minimum Gasteiger partial charge on any atom is -0.284 e. The maximum absolute atomic E-state index is 13.7. The molecule has 0 radical (unpaired) electrons. The van der Waals surface area contributed by atoms with Gasteiger partial charge in [0.05, 0.1) is 6.26 Å². The zero-order chi connectivity index (χ0) is 18.8. The third-order valence-electron chi connectivity index (χ3n) is 3.23. The van der Waals surface area contributed by atoms with Crippen molar-refractivity contribution in [2.24, 2.45) is 0 Å². The van der Waals surface area contributed by atoms with Crippen molar-refractivity contribution in [2.75, 3.05) is 11.0 Å². The summed E-state index contributed by atoms with van der Waals surface area (Å²) in [6, 6.07) is 7.37. The fraction of sp³-hybridized carbons (Fsp3) is 0.200. The summed E-state index contributed by atoms with van der Waals surface area (Å²) >= 11 is 0. The molecule has 0 amide bonds. The lowest BCUT2D eigenvalue weighted by atomic mass is 10.1. The van der Waals surface area contributed by atoms with Gasteiger partial charge in [-0.05, 0) is 42.8 Å². The smallest absolute Gasteiger partial charge is 0.244 e. The quantitative estimate of drug-likeness (QED) is 0.792. The predicted molar refractivity (Wildman–Crippen MR) is 90.0 cm³/mol. The second-order valence-corrected chi connectivity index (χ2v) is 8.84. The lowest BCUT2D eigenvalue weighted by molar-refractivity contribution is 0.538. The van der Waals surface area contributed by atoms with E-state index >= 15 is 0 Å². The highest BCUT2D eigenvalue weighted by Gasteiger charge is 2.22. The highest BCUT2D eigenvalue weighted by molar-refractivity contribution is 7.92. The van der Waals surface area contributed by atoms with Crippen LogP contribution in [0.15, 0.2) is 47.4 Å². The van der Waals surface area contributed by atoms with E-state index in [0.717, 1.165) is 18.4 Å². The van der Waals surface area contributed by atoms with E-state index in [2.05, 4.69) is 9.44 Å². The van der Waals surface area contributed by atoms with Crippen LogP contribution >= 0.6 is 0 Å². The second kappa shape index (κ2) is 7.06. The molecule has 6 nitrogen and oxygen atoms in total. The summed E-state index contributed by atoms with van der Waals surface area (Å²) in [7, 11) is -7.70. The summed E-state index contributed by atoms with van der Waals surface area (Å²) in [6.07, 6.45) is 1.01. The number of rotatable bonds is 6. The molecule has 2 N–H and O–H groups in total. The van der Waals surface area contributed by atoms with Crippen LogP contribution < -0.4 is 9.44 Å². The first-order chi connectivity index (χ1) is 11.5. The monoisotopic (exact) mass is 390 g/mol. The molecule has 0 saturated carbocycles. The first kappa shape index (κ1) is 19.3. The van der Waals surface area contributed by atoms with Gasteiger partial charge in [0.25, 0.3) is 0 Å². The third-order valence-corrected chi connectivity index (χ3v) is 5.39. The van der Waals surface area contributed by atoms with E-state index in [-0.39, 0.29) is 0 Å². The lowest BCUT2D eigenvalue weighted by Gasteiger charge is -2.15. The lowest BCUT2D eigenvalue weighted by Crippen LogP contribution is -2.27. The second-order valence-electron chi connectivity index (χ2n) is 5.41. The largest absolute Gasteiger partial charge is 0.284 e. The van der Waals surface area contributed by atoms with Gasteiger partial charge in [-0.3, -0.25) is 4.72 Å². The number of sulfonamides is 2. The molecule has 25 heavy (non-hydrogen) atoms. The molecule has 1 atom stereocenters. The fourth-order valence-corrected chi connectivity index (χ4v) is 3.99. The van der Waals surface area contributed by atoms with Crippen molar-refractivity contribution >= 4 is 25.7 Å². The molecule has 2 rings (SSSR count). The Kier molecular flexibility index (Phi) is 5.45. The predicted octanol–water partition coefficient (Wildman–Crippen LogP) is 2.38. The summed E-state index contributed by atoms with van der Waals surface area (Å²) in [5, 5.41) is 0. The Balaban J connectivity index is 2.21. The Morgan fingerprint density at radius 3 is 2.12 bits per heavy atom. The maximum atomic E-state index is 13.7. The number of hydrogen-bond donors (Lipinski definition) is 2. The molecule has 0 spiro atoms. The zero-order valence-corrected chi connectivity index (χ0v) is 15.0. The van der Waals surface area contributed by atoms with Gasteiger partial charge in [-0.25, -0.2) is 30.3 Å². The number of anilines is 1. The fourth-order valence-electron chi connectivity index (χ4n) is 2.10. The molecular weight excluding hydrogens is 374 g/mol. The molecule has 136 valence electrons. The molecule has 0 saturated heterocycles. The molecule has 0 aliphatic rings. The van der Waals surface area contributed by atoms with E-state index in [0.29, 0.717) is 17.3 Å². The van der Waals surface area contributed by atoms with Gasteiger partial charge in [0, 0.05) is 11.7 Å². The van der Waals surface area contributed by atoms with E-state index in [4.69, 9.17) is 0 Å². The van der Waals surface area contributed by atoms with Gasteiger partial charge < -0.3 is 0 Å². The van der Waals surface area contributed by atoms with E-state index < -0.39 is 42.6 Å². The third kappa shape index (κ3) is 5.21. The van der Waals surface area contributed by atoms with E-state index in [1.54, 1.807) is 0 Å². The van der Waals surface area contributed by atoms with Crippen LogP contribution in [0.4, 0.5) is 14.5 Å². The van der Waals surface area contributed by atoms with Gasteiger partial charge in [-0.1, -0.05) is 12.1 Å². The van der Waals surface area contributed by atoms with Crippen LogP contribution in [-0.2, 0) is 20.0 Å². The molecule has 10 heteroatoms. The number of hydrogen-bond acceptors (Lipinski definition) is 4. The first-order valence-corrected chi connectivity index (χ1v) is 10.4. The maximum Gasteiger partial charge on any atom is 0.244 e. The van der Waals surface area contributed by atoms with Crippen LogP contribution in [-0.4, -0.2) is 23.1 Å². The molecule has 0 fully saturated rings. The molecule has 0 bridgehead atoms. The van der Waals surface area contributed by atoms with Gasteiger partial charge in [-0.15, -0.1) is 0 Å². The first-order valence-electron chi connectivity index (χ1n) is 7.03. The van der Waals surface area contributed by atoms with E-state index in [1.165, 1.54) is 31.2 Å². The molecule has 0 aromatic heterocycles. The minimum absolute atomic E-state index is 0.317. The Bertz CT molecular complexity index is 975. The molecule has 0 aliphatic carbocycles. The Morgan fingerprint density at radius 2 is 1.56 bits per heavy atom. The number of halogens is 2. The normalized spacial score (nSPS) is 13.4. The van der Waals surface area contributed by atoms with Crippen molar-refractivity contribution in [2.45, 2.75) is 17.9 Å². The van der Waals surface area contributed by atoms with Crippen molar-refractivity contribution in [3.63, 3.8) is 0 Å². The van der Waals surface area contributed by atoms with Crippen LogP contribution in [0, 0.1) is 11.6 Å². The van der Waals surface area contributed by atoms with Crippen LogP contribution in [0.25, 0.3) is 0 Å². The zero-order valence-electron chi connectivity index (χ0n) is 13.3. The van der Waals surface area contributed by atoms with Gasteiger partial charge in [0.15, 0.2) is 0 Å². The summed E-state index contributed by atoms with van der Waals surface area (Å²) in [5.41, 5.74) is 0.830. The molecule has 2 aromatic rings. The van der Waals surface area contributed by atoms with Crippen molar-refractivity contribution in [1.82, 2.24) is 4.72 Å². The average Bonchev–Trinajstić information content (AvgIpc) is 2.48. The summed E-state index contributed by atoms with van der Waals surface area (Å²) < 4.78 is 78.2. The summed E-state index contributed by atoms with van der Waals surface area (Å²) in [6.45, 7) is 1.52. The van der Waals surface area contributed by atoms with E-state index in [1.807, 2.05) is 0 Å². The highest BCUT2D eigenvalue weighted by Crippen LogP contribution is 2.21. The Labute approximate surface area is 145 Å².